The number of fused-ring (bicyclic) bond motifs is 3. The number of halogens is 1. The second-order valence-electron chi connectivity index (χ2n) is 11.8. The van der Waals surface area contributed by atoms with Crippen LogP contribution in [0.3, 0.4) is 0 Å². The highest BCUT2D eigenvalue weighted by Crippen LogP contribution is 2.50. The maximum Gasteiger partial charge on any atom is 0.152 e. The van der Waals surface area contributed by atoms with Gasteiger partial charge in [0.25, 0.3) is 0 Å². The van der Waals surface area contributed by atoms with Crippen molar-refractivity contribution in [3.63, 3.8) is 0 Å². The van der Waals surface area contributed by atoms with Gasteiger partial charge in [-0.15, -0.1) is 0 Å². The van der Waals surface area contributed by atoms with Crippen LogP contribution in [0.2, 0.25) is 0 Å². The molecule has 2 nitrogen and oxygen atoms in total. The van der Waals surface area contributed by atoms with Crippen LogP contribution in [-0.4, -0.2) is 10.7 Å². The summed E-state index contributed by atoms with van der Waals surface area (Å²) in [5.41, 5.74) is 16.2. The molecule has 7 aromatic rings. The lowest BCUT2D eigenvalue weighted by atomic mass is 9.84. The van der Waals surface area contributed by atoms with Crippen LogP contribution in [-0.2, 0) is 0 Å². The van der Waals surface area contributed by atoms with Crippen LogP contribution in [0.5, 0.6) is 0 Å². The Kier molecular flexibility index (Phi) is 7.07. The van der Waals surface area contributed by atoms with Crippen LogP contribution in [0.15, 0.2) is 120 Å². The van der Waals surface area contributed by atoms with Gasteiger partial charge in [-0.25, -0.2) is 0 Å². The SMILES string of the molecule is Cc1ccc(-c2c(-c3ccc(C)cc3)c(-c3ccc(C)cc3)n3c(c2-c2ccc(C)cc2)c(C=O)c2cc(Br)ccc23)cc1. The van der Waals surface area contributed by atoms with Crippen molar-refractivity contribution in [3.05, 3.63) is 148 Å². The van der Waals surface area contributed by atoms with E-state index in [0.29, 0.717) is 5.56 Å². The van der Waals surface area contributed by atoms with Gasteiger partial charge in [-0.3, -0.25) is 4.79 Å². The first-order valence-electron chi connectivity index (χ1n) is 14.9. The molecule has 0 aliphatic heterocycles. The van der Waals surface area contributed by atoms with Crippen molar-refractivity contribution in [2.45, 2.75) is 27.7 Å². The maximum absolute atomic E-state index is 13.2. The molecule has 0 bridgehead atoms. The van der Waals surface area contributed by atoms with Crippen molar-refractivity contribution in [1.82, 2.24) is 4.40 Å². The zero-order valence-corrected chi connectivity index (χ0v) is 26.9. The van der Waals surface area contributed by atoms with Gasteiger partial charge in [0.05, 0.1) is 16.7 Å². The summed E-state index contributed by atoms with van der Waals surface area (Å²) in [7, 11) is 0. The highest BCUT2D eigenvalue weighted by atomic mass is 79.9. The molecule has 7 rings (SSSR count). The molecule has 0 amide bonds. The number of pyridine rings is 1. The van der Waals surface area contributed by atoms with Gasteiger partial charge in [-0.05, 0) is 68.1 Å². The first-order valence-corrected chi connectivity index (χ1v) is 15.7. The number of carbonyl (C=O) groups is 1. The monoisotopic (exact) mass is 633 g/mol. The Hall–Kier alpha value is -4.73. The van der Waals surface area contributed by atoms with Crippen LogP contribution in [0.1, 0.15) is 32.6 Å². The van der Waals surface area contributed by atoms with Crippen molar-refractivity contribution in [1.29, 1.82) is 0 Å². The smallest absolute Gasteiger partial charge is 0.152 e. The Bertz CT molecular complexity index is 2190. The minimum atomic E-state index is 0.689. The van der Waals surface area contributed by atoms with Crippen LogP contribution in [0.25, 0.3) is 61.1 Å². The number of benzene rings is 5. The van der Waals surface area contributed by atoms with Crippen LogP contribution in [0.4, 0.5) is 0 Å². The Balaban J connectivity index is 1.84. The van der Waals surface area contributed by atoms with Gasteiger partial charge >= 0.3 is 0 Å². The van der Waals surface area contributed by atoms with Gasteiger partial charge in [0.1, 0.15) is 0 Å². The van der Waals surface area contributed by atoms with E-state index in [0.717, 1.165) is 71.8 Å². The number of aryl methyl sites for hydroxylation is 4. The van der Waals surface area contributed by atoms with Crippen molar-refractivity contribution >= 4 is 38.6 Å². The van der Waals surface area contributed by atoms with E-state index in [-0.39, 0.29) is 0 Å². The summed E-state index contributed by atoms with van der Waals surface area (Å²) < 4.78 is 3.27. The molecule has 0 aliphatic rings. The predicted octanol–water partition coefficient (Wildman–Crippen LogP) is 11.6. The lowest BCUT2D eigenvalue weighted by molar-refractivity contribution is 0.112. The second kappa shape index (κ2) is 11.1. The number of rotatable bonds is 5. The molecule has 44 heavy (non-hydrogen) atoms. The normalized spacial score (nSPS) is 11.4. The molecular formula is C41H32BrNO. The summed E-state index contributed by atoms with van der Waals surface area (Å²) in [4.78, 5) is 13.2. The summed E-state index contributed by atoms with van der Waals surface area (Å²) in [5.74, 6) is 0. The summed E-state index contributed by atoms with van der Waals surface area (Å²) in [6, 6.07) is 41.3. The molecule has 0 fully saturated rings. The Morgan fingerprint density at radius 3 is 1.43 bits per heavy atom. The molecule has 214 valence electrons. The summed E-state index contributed by atoms with van der Waals surface area (Å²) in [6.07, 6.45) is 1.03. The first kappa shape index (κ1) is 28.1. The van der Waals surface area contributed by atoms with Gasteiger partial charge in [0.2, 0.25) is 0 Å². The van der Waals surface area contributed by atoms with Gasteiger partial charge in [-0.1, -0.05) is 135 Å². The van der Waals surface area contributed by atoms with E-state index in [4.69, 9.17) is 0 Å². The number of nitrogens with zero attached hydrogens (tertiary/aromatic N) is 1. The molecule has 0 aliphatic carbocycles. The van der Waals surface area contributed by atoms with Gasteiger partial charge in [0.15, 0.2) is 6.29 Å². The van der Waals surface area contributed by atoms with E-state index in [1.165, 1.54) is 22.3 Å². The molecule has 0 unspecified atom stereocenters. The Morgan fingerprint density at radius 2 is 0.955 bits per heavy atom. The number of aldehydes is 1. The fraction of sp³-hybridized carbons (Fsp3) is 0.0976. The van der Waals surface area contributed by atoms with Gasteiger partial charge in [0, 0.05) is 32.1 Å². The zero-order valence-electron chi connectivity index (χ0n) is 25.3. The molecule has 5 aromatic carbocycles. The third-order valence-electron chi connectivity index (χ3n) is 8.63. The molecule has 0 saturated carbocycles. The predicted molar refractivity (Wildman–Crippen MR) is 189 cm³/mol. The van der Waals surface area contributed by atoms with Crippen LogP contribution < -0.4 is 0 Å². The fourth-order valence-corrected chi connectivity index (χ4v) is 6.72. The summed E-state index contributed by atoms with van der Waals surface area (Å²) >= 11 is 3.69. The molecule has 0 spiro atoms. The second-order valence-corrected chi connectivity index (χ2v) is 12.7. The number of carbonyl (C=O) groups excluding carboxylic acids is 1. The largest absolute Gasteiger partial charge is 0.307 e. The van der Waals surface area contributed by atoms with Crippen molar-refractivity contribution in [3.8, 4) is 44.6 Å². The average molecular weight is 635 g/mol. The molecule has 3 heteroatoms. The van der Waals surface area contributed by atoms with Gasteiger partial charge in [-0.2, -0.15) is 0 Å². The third kappa shape index (κ3) is 4.69. The molecule has 0 radical (unpaired) electrons. The zero-order chi connectivity index (χ0) is 30.5. The van der Waals surface area contributed by atoms with Crippen molar-refractivity contribution in [2.75, 3.05) is 0 Å². The first-order chi connectivity index (χ1) is 21.3. The molecule has 0 N–H and O–H groups in total. The fourth-order valence-electron chi connectivity index (χ4n) is 6.36. The number of hydrogen-bond donors (Lipinski definition) is 0. The highest BCUT2D eigenvalue weighted by Gasteiger charge is 2.28. The van der Waals surface area contributed by atoms with Crippen LogP contribution >= 0.6 is 15.9 Å². The minimum Gasteiger partial charge on any atom is -0.307 e. The quantitative estimate of drug-likeness (QED) is 0.173. The van der Waals surface area contributed by atoms with E-state index in [1.54, 1.807) is 0 Å². The lowest BCUT2D eigenvalue weighted by Crippen LogP contribution is -2.03. The van der Waals surface area contributed by atoms with E-state index >= 15 is 0 Å². The maximum atomic E-state index is 13.2. The topological polar surface area (TPSA) is 21.5 Å². The molecule has 2 heterocycles. The van der Waals surface area contributed by atoms with E-state index < -0.39 is 0 Å². The Labute approximate surface area is 266 Å². The molecule has 0 saturated heterocycles. The van der Waals surface area contributed by atoms with Crippen molar-refractivity contribution < 1.29 is 4.79 Å². The number of hydrogen-bond acceptors (Lipinski definition) is 1. The average Bonchev–Trinajstić information content (AvgIpc) is 3.35. The van der Waals surface area contributed by atoms with E-state index in [9.17, 15) is 4.79 Å². The van der Waals surface area contributed by atoms with E-state index in [2.05, 4.69) is 163 Å². The summed E-state index contributed by atoms with van der Waals surface area (Å²) in [5, 5.41) is 0.923. The number of aromatic nitrogens is 1. The van der Waals surface area contributed by atoms with Crippen molar-refractivity contribution in [2.24, 2.45) is 0 Å². The van der Waals surface area contributed by atoms with E-state index in [1.807, 2.05) is 0 Å². The summed E-state index contributed by atoms with van der Waals surface area (Å²) in [6.45, 7) is 8.47. The molecule has 2 aromatic heterocycles. The van der Waals surface area contributed by atoms with Crippen LogP contribution in [0, 0.1) is 27.7 Å². The molecule has 0 atom stereocenters. The minimum absolute atomic E-state index is 0.689. The Morgan fingerprint density at radius 1 is 0.523 bits per heavy atom. The highest BCUT2D eigenvalue weighted by molar-refractivity contribution is 9.10. The standard InChI is InChI=1S/C41H32BrNO/c1-25-5-13-29(14-6-25)37-38(30-15-7-26(2)8-16-30)40(32-19-11-28(4)12-20-32)43-36-22-21-33(42)23-34(36)35(24-44)41(43)39(37)31-17-9-27(3)10-18-31/h5-24H,1-4H3. The third-order valence-corrected chi connectivity index (χ3v) is 9.12. The van der Waals surface area contributed by atoms with Gasteiger partial charge < -0.3 is 4.40 Å². The lowest BCUT2D eigenvalue weighted by Gasteiger charge is -2.24. The molecular weight excluding hydrogens is 602 g/mol.